The number of hydrogen-bond acceptors (Lipinski definition) is 8. The van der Waals surface area contributed by atoms with Crippen molar-refractivity contribution in [3.8, 4) is 11.6 Å². The smallest absolute Gasteiger partial charge is 0.303 e. The zero-order valence-electron chi connectivity index (χ0n) is 28.9. The van der Waals surface area contributed by atoms with Crippen LogP contribution in [0.1, 0.15) is 79.9 Å². The maximum Gasteiger partial charge on any atom is 0.303 e. The number of carbonyl (C=O) groups is 2. The molecule has 1 N–H and O–H groups in total. The second kappa shape index (κ2) is 16.0. The summed E-state index contributed by atoms with van der Waals surface area (Å²) in [6.07, 6.45) is 6.30. The fourth-order valence-electron chi connectivity index (χ4n) is 6.59. The van der Waals surface area contributed by atoms with Gasteiger partial charge in [0, 0.05) is 55.1 Å². The van der Waals surface area contributed by atoms with Crippen molar-refractivity contribution in [2.45, 2.75) is 65.2 Å². The minimum atomic E-state index is -0.783. The van der Waals surface area contributed by atoms with Crippen molar-refractivity contribution in [3.05, 3.63) is 82.0 Å². The van der Waals surface area contributed by atoms with E-state index in [9.17, 15) is 14.7 Å². The Morgan fingerprint density at radius 2 is 1.92 bits per heavy atom. The molecule has 3 aromatic rings. The van der Waals surface area contributed by atoms with E-state index < -0.39 is 5.97 Å². The van der Waals surface area contributed by atoms with E-state index >= 15 is 0 Å². The molecule has 2 aliphatic rings. The first-order valence-corrected chi connectivity index (χ1v) is 17.1. The van der Waals surface area contributed by atoms with E-state index in [-0.39, 0.29) is 23.7 Å². The predicted octanol–water partition coefficient (Wildman–Crippen LogP) is 7.43. The van der Waals surface area contributed by atoms with Gasteiger partial charge in [-0.3, -0.25) is 14.5 Å². The Balaban J connectivity index is 1.29. The summed E-state index contributed by atoms with van der Waals surface area (Å²) in [6.45, 7) is 8.74. The number of aryl methyl sites for hydroxylation is 1. The Kier molecular flexibility index (Phi) is 11.6. The monoisotopic (exact) mass is 669 g/mol. The van der Waals surface area contributed by atoms with Crippen LogP contribution in [0.4, 0.5) is 11.5 Å². The minimum Gasteiger partial charge on any atom is -0.497 e. The standard InChI is InChI=1S/C37H47N7O5/c1-25-6-5-7-33(41-25)44(24-37(2,3)15-17-40-42-38)36(47)30-11-10-29(48-4)21-32(30)43-18-13-26(14-19-43)23-49-34-20-28(12-16-39-34)31(22-35(45)46)27-8-9-27/h5-7,10-12,16,20-21,26-27,31H,8-9,13-15,17-19,22-24H2,1-4H3,(H,45,46). The third kappa shape index (κ3) is 9.63. The highest BCUT2D eigenvalue weighted by molar-refractivity contribution is 6.09. The molecule has 1 aliphatic carbocycles. The van der Waals surface area contributed by atoms with Gasteiger partial charge >= 0.3 is 5.97 Å². The molecule has 2 fully saturated rings. The number of carboxylic acids is 1. The van der Waals surface area contributed by atoms with Gasteiger partial charge in [-0.1, -0.05) is 25.0 Å². The number of rotatable bonds is 16. The van der Waals surface area contributed by atoms with Gasteiger partial charge in [0.05, 0.1) is 31.4 Å². The van der Waals surface area contributed by atoms with Crippen LogP contribution in [-0.2, 0) is 4.79 Å². The molecule has 3 heterocycles. The maximum atomic E-state index is 14.5. The molecule has 1 aromatic carbocycles. The summed E-state index contributed by atoms with van der Waals surface area (Å²) in [6, 6.07) is 15.1. The summed E-state index contributed by atoms with van der Waals surface area (Å²) in [7, 11) is 1.62. The van der Waals surface area contributed by atoms with E-state index in [4.69, 9.17) is 20.0 Å². The van der Waals surface area contributed by atoms with Crippen LogP contribution in [0.3, 0.4) is 0 Å². The highest BCUT2D eigenvalue weighted by atomic mass is 16.5. The van der Waals surface area contributed by atoms with E-state index in [1.807, 2.05) is 55.5 Å². The van der Waals surface area contributed by atoms with Crippen molar-refractivity contribution in [2.75, 3.05) is 49.7 Å². The number of ether oxygens (including phenoxy) is 2. The van der Waals surface area contributed by atoms with Gasteiger partial charge in [-0.25, -0.2) is 9.97 Å². The highest BCUT2D eigenvalue weighted by Gasteiger charge is 2.34. The molecule has 1 aliphatic heterocycles. The molecular weight excluding hydrogens is 622 g/mol. The number of amides is 1. The summed E-state index contributed by atoms with van der Waals surface area (Å²) in [5, 5.41) is 13.1. The lowest BCUT2D eigenvalue weighted by atomic mass is 9.88. The lowest BCUT2D eigenvalue weighted by Crippen LogP contribution is -2.41. The molecule has 0 bridgehead atoms. The summed E-state index contributed by atoms with van der Waals surface area (Å²) < 4.78 is 11.7. The molecule has 49 heavy (non-hydrogen) atoms. The molecule has 12 nitrogen and oxygen atoms in total. The molecule has 0 radical (unpaired) electrons. The number of carbonyl (C=O) groups excluding carboxylic acids is 1. The minimum absolute atomic E-state index is 0.00715. The van der Waals surface area contributed by atoms with E-state index in [0.29, 0.717) is 61.0 Å². The van der Waals surface area contributed by atoms with Gasteiger partial charge in [0.2, 0.25) is 5.88 Å². The van der Waals surface area contributed by atoms with E-state index in [0.717, 1.165) is 55.7 Å². The summed E-state index contributed by atoms with van der Waals surface area (Å²) in [5.74, 6) is 1.55. The van der Waals surface area contributed by atoms with Crippen LogP contribution >= 0.6 is 0 Å². The van der Waals surface area contributed by atoms with Crippen molar-refractivity contribution in [1.29, 1.82) is 0 Å². The van der Waals surface area contributed by atoms with Gasteiger partial charge < -0.3 is 19.5 Å². The van der Waals surface area contributed by atoms with Gasteiger partial charge in [0.15, 0.2) is 0 Å². The largest absolute Gasteiger partial charge is 0.497 e. The van der Waals surface area contributed by atoms with Gasteiger partial charge in [-0.15, -0.1) is 0 Å². The van der Waals surface area contributed by atoms with E-state index in [1.54, 1.807) is 18.2 Å². The van der Waals surface area contributed by atoms with Crippen LogP contribution in [0, 0.1) is 24.2 Å². The van der Waals surface area contributed by atoms with Crippen LogP contribution in [0.15, 0.2) is 59.8 Å². The number of carboxylic acid groups (broad SMARTS) is 1. The van der Waals surface area contributed by atoms with Gasteiger partial charge in [-0.05, 0) is 104 Å². The van der Waals surface area contributed by atoms with Gasteiger partial charge in [-0.2, -0.15) is 0 Å². The van der Waals surface area contributed by atoms with E-state index in [1.165, 1.54) is 0 Å². The normalized spacial score (nSPS) is 15.6. The molecule has 1 saturated carbocycles. The molecule has 0 spiro atoms. The summed E-state index contributed by atoms with van der Waals surface area (Å²) in [5.41, 5.74) is 11.6. The number of methoxy groups -OCH3 is 1. The summed E-state index contributed by atoms with van der Waals surface area (Å²) >= 11 is 0. The van der Waals surface area contributed by atoms with Crippen LogP contribution in [-0.4, -0.2) is 66.8 Å². The first-order chi connectivity index (χ1) is 23.6. The number of benzene rings is 1. The zero-order chi connectivity index (χ0) is 35.0. The molecule has 1 unspecified atom stereocenters. The molecule has 1 amide bonds. The van der Waals surface area contributed by atoms with Crippen molar-refractivity contribution in [2.24, 2.45) is 22.4 Å². The number of pyridine rings is 2. The summed E-state index contributed by atoms with van der Waals surface area (Å²) in [4.78, 5) is 42.0. The quantitative estimate of drug-likeness (QED) is 0.0938. The second-order valence-corrected chi connectivity index (χ2v) is 14.0. The number of anilines is 2. The molecule has 12 heteroatoms. The topological polar surface area (TPSA) is 154 Å². The Morgan fingerprint density at radius 3 is 2.59 bits per heavy atom. The molecule has 2 aromatic heterocycles. The predicted molar refractivity (Wildman–Crippen MR) is 188 cm³/mol. The molecule has 260 valence electrons. The van der Waals surface area contributed by atoms with Crippen molar-refractivity contribution in [1.82, 2.24) is 9.97 Å². The number of nitrogens with zero attached hydrogens (tertiary/aromatic N) is 7. The zero-order valence-corrected chi connectivity index (χ0v) is 28.9. The molecule has 1 atom stereocenters. The van der Waals surface area contributed by atoms with Crippen molar-refractivity contribution < 1.29 is 24.2 Å². The molecule has 1 saturated heterocycles. The number of aliphatic carboxylic acids is 1. The molecular formula is C37H47N7O5. The Hall–Kier alpha value is -4.83. The average molecular weight is 670 g/mol. The second-order valence-electron chi connectivity index (χ2n) is 14.0. The number of piperidine rings is 1. The number of azide groups is 1. The van der Waals surface area contributed by atoms with Crippen LogP contribution in [0.2, 0.25) is 0 Å². The van der Waals surface area contributed by atoms with Crippen LogP contribution in [0.5, 0.6) is 11.6 Å². The third-order valence-corrected chi connectivity index (χ3v) is 9.56. The lowest BCUT2D eigenvalue weighted by Gasteiger charge is -2.36. The van der Waals surface area contributed by atoms with Crippen molar-refractivity contribution >= 4 is 23.4 Å². The Labute approximate surface area is 288 Å². The van der Waals surface area contributed by atoms with E-state index in [2.05, 4.69) is 33.8 Å². The Bertz CT molecular complexity index is 1660. The highest BCUT2D eigenvalue weighted by Crippen LogP contribution is 2.45. The van der Waals surface area contributed by atoms with Crippen LogP contribution < -0.4 is 19.3 Å². The first-order valence-electron chi connectivity index (χ1n) is 17.1. The van der Waals surface area contributed by atoms with Crippen LogP contribution in [0.25, 0.3) is 10.4 Å². The fraction of sp³-hybridized carbons (Fsp3) is 0.514. The third-order valence-electron chi connectivity index (χ3n) is 9.56. The fourth-order valence-corrected chi connectivity index (χ4v) is 6.59. The van der Waals surface area contributed by atoms with Crippen molar-refractivity contribution in [3.63, 3.8) is 0 Å². The molecule has 5 rings (SSSR count). The number of hydrogen-bond donors (Lipinski definition) is 1. The van der Waals surface area contributed by atoms with Gasteiger partial charge in [0.1, 0.15) is 11.6 Å². The lowest BCUT2D eigenvalue weighted by molar-refractivity contribution is -0.137. The maximum absolute atomic E-state index is 14.5. The first kappa shape index (κ1) is 35.5. The van der Waals surface area contributed by atoms with Gasteiger partial charge in [0.25, 0.3) is 5.91 Å². The SMILES string of the molecule is COc1ccc(C(=O)N(CC(C)(C)CCN=[N+]=[N-])c2cccc(C)n2)c(N2CCC(COc3cc(C(CC(=O)O)C4CC4)ccn3)CC2)c1. The average Bonchev–Trinajstić information content (AvgIpc) is 3.94. The Morgan fingerprint density at radius 1 is 1.14 bits per heavy atom. The number of aromatic nitrogens is 2.